The van der Waals surface area contributed by atoms with Crippen molar-refractivity contribution in [3.63, 3.8) is 0 Å². The van der Waals surface area contributed by atoms with Gasteiger partial charge in [0.2, 0.25) is 0 Å². The normalized spacial score (nSPS) is 10.5. The molecule has 0 aliphatic heterocycles. The minimum atomic E-state index is -0.953. The predicted molar refractivity (Wildman–Crippen MR) is 72.7 cm³/mol. The van der Waals surface area contributed by atoms with Crippen molar-refractivity contribution in [2.75, 3.05) is 0 Å². The molecule has 0 radical (unpaired) electrons. The van der Waals surface area contributed by atoms with Crippen molar-refractivity contribution >= 4 is 28.6 Å². The molecular formula is C12H11IN2O2. The van der Waals surface area contributed by atoms with Crippen molar-refractivity contribution < 1.29 is 9.90 Å². The number of hydrogen-bond donors (Lipinski definition) is 1. The highest BCUT2D eigenvalue weighted by Gasteiger charge is 2.16. The zero-order valence-corrected chi connectivity index (χ0v) is 11.6. The van der Waals surface area contributed by atoms with Crippen LogP contribution in [0.15, 0.2) is 24.4 Å². The number of halogens is 1. The summed E-state index contributed by atoms with van der Waals surface area (Å²) < 4.78 is 2.27. The Kier molecular flexibility index (Phi) is 3.19. The van der Waals surface area contributed by atoms with Gasteiger partial charge in [0.15, 0.2) is 0 Å². The lowest BCUT2D eigenvalue weighted by Gasteiger charge is -2.08. The summed E-state index contributed by atoms with van der Waals surface area (Å²) in [4.78, 5) is 11.0. The molecule has 0 aliphatic rings. The second-order valence-corrected chi connectivity index (χ2v) is 4.88. The Bertz CT molecular complexity index is 590. The van der Waals surface area contributed by atoms with Crippen molar-refractivity contribution in [2.45, 2.75) is 13.8 Å². The molecule has 1 N–H and O–H groups in total. The molecule has 0 bridgehead atoms. The molecule has 0 aliphatic carbocycles. The minimum Gasteiger partial charge on any atom is -0.478 e. The molecule has 2 rings (SSSR count). The molecule has 1 heterocycles. The maximum Gasteiger partial charge on any atom is 0.340 e. The summed E-state index contributed by atoms with van der Waals surface area (Å²) in [6.45, 7) is 3.98. The summed E-state index contributed by atoms with van der Waals surface area (Å²) in [5, 5.41) is 13.1. The van der Waals surface area contributed by atoms with Crippen LogP contribution in [0.2, 0.25) is 0 Å². The van der Waals surface area contributed by atoms with Gasteiger partial charge in [-0.2, -0.15) is 5.10 Å². The summed E-state index contributed by atoms with van der Waals surface area (Å²) in [5.41, 5.74) is 3.33. The van der Waals surface area contributed by atoms with Gasteiger partial charge < -0.3 is 5.11 Å². The molecule has 5 heteroatoms. The van der Waals surface area contributed by atoms with E-state index in [1.54, 1.807) is 4.68 Å². The predicted octanol–water partition coefficient (Wildman–Crippen LogP) is 2.79. The molecule has 0 fully saturated rings. The third-order valence-electron chi connectivity index (χ3n) is 2.53. The Morgan fingerprint density at radius 2 is 2.12 bits per heavy atom. The fraction of sp³-hybridized carbons (Fsp3) is 0.167. The topological polar surface area (TPSA) is 55.1 Å². The molecule has 0 spiro atoms. The van der Waals surface area contributed by atoms with E-state index < -0.39 is 5.97 Å². The average Bonchev–Trinajstić information content (AvgIpc) is 2.64. The number of hydrogen-bond acceptors (Lipinski definition) is 2. The van der Waals surface area contributed by atoms with Crippen molar-refractivity contribution in [1.82, 2.24) is 9.78 Å². The number of benzene rings is 1. The molecule has 0 unspecified atom stereocenters. The van der Waals surface area contributed by atoms with Crippen LogP contribution < -0.4 is 0 Å². The molecule has 0 saturated carbocycles. The first-order valence-corrected chi connectivity index (χ1v) is 6.13. The SMILES string of the molecule is Cc1ccc(C)c(-n2ncc(C(=O)O)c2I)c1. The number of aryl methyl sites for hydroxylation is 2. The van der Waals surface area contributed by atoms with Gasteiger partial charge in [-0.1, -0.05) is 12.1 Å². The van der Waals surface area contributed by atoms with E-state index in [-0.39, 0.29) is 5.56 Å². The summed E-state index contributed by atoms with van der Waals surface area (Å²) in [7, 11) is 0. The smallest absolute Gasteiger partial charge is 0.340 e. The second kappa shape index (κ2) is 4.48. The molecule has 0 saturated heterocycles. The summed E-state index contributed by atoms with van der Waals surface area (Å²) in [6, 6.07) is 6.02. The Hall–Kier alpha value is -1.37. The molecular weight excluding hydrogens is 331 g/mol. The fourth-order valence-electron chi connectivity index (χ4n) is 1.59. The molecule has 1 aromatic carbocycles. The average molecular weight is 342 g/mol. The van der Waals surface area contributed by atoms with E-state index in [1.165, 1.54) is 6.20 Å². The lowest BCUT2D eigenvalue weighted by molar-refractivity contribution is 0.0695. The molecule has 2 aromatic rings. The van der Waals surface area contributed by atoms with Crippen molar-refractivity contribution in [3.8, 4) is 5.69 Å². The van der Waals surface area contributed by atoms with Gasteiger partial charge in [0.05, 0.1) is 11.9 Å². The van der Waals surface area contributed by atoms with Gasteiger partial charge in [-0.05, 0) is 53.6 Å². The zero-order valence-electron chi connectivity index (χ0n) is 9.44. The summed E-state index contributed by atoms with van der Waals surface area (Å²) in [5.74, 6) is -0.953. The van der Waals surface area contributed by atoms with Crippen LogP contribution in [0.25, 0.3) is 5.69 Å². The first-order chi connectivity index (χ1) is 8.00. The lowest BCUT2D eigenvalue weighted by Crippen LogP contribution is -2.04. The van der Waals surface area contributed by atoms with E-state index in [9.17, 15) is 4.79 Å². The van der Waals surface area contributed by atoms with Crippen LogP contribution >= 0.6 is 22.6 Å². The number of carbonyl (C=O) groups is 1. The van der Waals surface area contributed by atoms with Crippen molar-refractivity contribution in [2.24, 2.45) is 0 Å². The lowest BCUT2D eigenvalue weighted by atomic mass is 10.1. The number of nitrogens with zero attached hydrogens (tertiary/aromatic N) is 2. The van der Waals surface area contributed by atoms with Crippen LogP contribution in [0.5, 0.6) is 0 Å². The quantitative estimate of drug-likeness (QED) is 0.854. The van der Waals surface area contributed by atoms with E-state index in [0.717, 1.165) is 16.8 Å². The summed E-state index contributed by atoms with van der Waals surface area (Å²) in [6.07, 6.45) is 1.38. The zero-order chi connectivity index (χ0) is 12.6. The molecule has 1 aromatic heterocycles. The first kappa shape index (κ1) is 12.1. The third-order valence-corrected chi connectivity index (χ3v) is 3.57. The minimum absolute atomic E-state index is 0.228. The van der Waals surface area contributed by atoms with Crippen molar-refractivity contribution in [1.29, 1.82) is 0 Å². The Morgan fingerprint density at radius 1 is 1.41 bits per heavy atom. The number of aromatic carboxylic acids is 1. The Labute approximate surface area is 112 Å². The molecule has 0 atom stereocenters. The van der Waals surface area contributed by atoms with E-state index in [1.807, 2.05) is 54.6 Å². The van der Waals surface area contributed by atoms with Crippen LogP contribution in [0.3, 0.4) is 0 Å². The Balaban J connectivity index is 2.61. The fourth-order valence-corrected chi connectivity index (χ4v) is 2.35. The highest BCUT2D eigenvalue weighted by molar-refractivity contribution is 14.1. The molecule has 17 heavy (non-hydrogen) atoms. The van der Waals surface area contributed by atoms with E-state index in [2.05, 4.69) is 5.10 Å². The second-order valence-electron chi connectivity index (χ2n) is 3.86. The van der Waals surface area contributed by atoms with E-state index in [0.29, 0.717) is 3.70 Å². The maximum atomic E-state index is 11.0. The first-order valence-electron chi connectivity index (χ1n) is 5.05. The standard InChI is InChI=1S/C12H11IN2O2/c1-7-3-4-8(2)10(5-7)15-11(13)9(6-14-15)12(16)17/h3-6H,1-2H3,(H,16,17). The third kappa shape index (κ3) is 2.19. The number of carboxylic acids is 1. The monoisotopic (exact) mass is 342 g/mol. The highest BCUT2D eigenvalue weighted by Crippen LogP contribution is 2.20. The van der Waals surface area contributed by atoms with Gasteiger partial charge in [-0.3, -0.25) is 0 Å². The van der Waals surface area contributed by atoms with Crippen LogP contribution in [0.4, 0.5) is 0 Å². The highest BCUT2D eigenvalue weighted by atomic mass is 127. The van der Waals surface area contributed by atoms with Gasteiger partial charge in [-0.15, -0.1) is 0 Å². The van der Waals surface area contributed by atoms with E-state index >= 15 is 0 Å². The van der Waals surface area contributed by atoms with Gasteiger partial charge >= 0.3 is 5.97 Å². The van der Waals surface area contributed by atoms with Gasteiger partial charge in [0.25, 0.3) is 0 Å². The van der Waals surface area contributed by atoms with E-state index in [4.69, 9.17) is 5.11 Å². The van der Waals surface area contributed by atoms with Gasteiger partial charge in [0, 0.05) is 0 Å². The van der Waals surface area contributed by atoms with Crippen LogP contribution in [0.1, 0.15) is 21.5 Å². The van der Waals surface area contributed by atoms with Crippen LogP contribution in [0, 0.1) is 17.5 Å². The summed E-state index contributed by atoms with van der Waals surface area (Å²) >= 11 is 2.00. The largest absolute Gasteiger partial charge is 0.478 e. The van der Waals surface area contributed by atoms with Gasteiger partial charge in [-0.25, -0.2) is 9.48 Å². The number of aromatic nitrogens is 2. The van der Waals surface area contributed by atoms with Crippen LogP contribution in [-0.2, 0) is 0 Å². The number of rotatable bonds is 2. The molecule has 4 nitrogen and oxygen atoms in total. The van der Waals surface area contributed by atoms with Crippen LogP contribution in [-0.4, -0.2) is 20.9 Å². The maximum absolute atomic E-state index is 11.0. The molecule has 88 valence electrons. The van der Waals surface area contributed by atoms with Gasteiger partial charge in [0.1, 0.15) is 9.26 Å². The Morgan fingerprint density at radius 3 is 2.71 bits per heavy atom. The van der Waals surface area contributed by atoms with Crippen molar-refractivity contribution in [3.05, 3.63) is 44.8 Å². The number of carboxylic acid groups (broad SMARTS) is 1. The molecule has 0 amide bonds.